The number of likely N-dealkylation sites (tertiary alicyclic amines) is 1. The van der Waals surface area contributed by atoms with Gasteiger partial charge in [-0.2, -0.15) is 0 Å². The van der Waals surface area contributed by atoms with Crippen LogP contribution in [0.4, 0.5) is 0 Å². The summed E-state index contributed by atoms with van der Waals surface area (Å²) < 4.78 is 5.15. The van der Waals surface area contributed by atoms with Gasteiger partial charge in [-0.05, 0) is 30.5 Å². The third-order valence-corrected chi connectivity index (χ3v) is 3.28. The number of hydrogen-bond donors (Lipinski definition) is 1. The summed E-state index contributed by atoms with van der Waals surface area (Å²) in [6.45, 7) is 1.16. The highest BCUT2D eigenvalue weighted by Gasteiger charge is 2.23. The Hall–Kier alpha value is -1.55. The fourth-order valence-electron chi connectivity index (χ4n) is 2.21. The van der Waals surface area contributed by atoms with E-state index in [9.17, 15) is 9.90 Å². The topological polar surface area (TPSA) is 49.8 Å². The molecule has 1 N–H and O–H groups in total. The number of amides is 1. The third kappa shape index (κ3) is 3.23. The van der Waals surface area contributed by atoms with Crippen LogP contribution in [0, 0.1) is 0 Å². The van der Waals surface area contributed by atoms with Crippen molar-refractivity contribution in [2.75, 3.05) is 20.2 Å². The lowest BCUT2D eigenvalue weighted by atomic mass is 10.1. The maximum atomic E-state index is 11.9. The van der Waals surface area contributed by atoms with E-state index in [1.54, 1.807) is 12.0 Å². The summed E-state index contributed by atoms with van der Waals surface area (Å²) in [6.07, 6.45) is 1.55. The van der Waals surface area contributed by atoms with Crippen LogP contribution in [0.2, 0.25) is 0 Å². The minimum absolute atomic E-state index is 0.120. The molecule has 4 nitrogen and oxygen atoms in total. The van der Waals surface area contributed by atoms with Crippen LogP contribution in [0.15, 0.2) is 24.3 Å². The Morgan fingerprint density at radius 1 is 1.56 bits per heavy atom. The monoisotopic (exact) mass is 249 g/mol. The normalized spacial score (nSPS) is 19.0. The van der Waals surface area contributed by atoms with Crippen LogP contribution in [0.3, 0.4) is 0 Å². The van der Waals surface area contributed by atoms with Gasteiger partial charge < -0.3 is 14.7 Å². The van der Waals surface area contributed by atoms with E-state index in [-0.39, 0.29) is 12.0 Å². The molecule has 4 heteroatoms. The highest BCUT2D eigenvalue weighted by Crippen LogP contribution is 2.15. The van der Waals surface area contributed by atoms with Crippen molar-refractivity contribution in [3.63, 3.8) is 0 Å². The van der Waals surface area contributed by atoms with Crippen molar-refractivity contribution in [1.29, 1.82) is 0 Å². The zero-order valence-electron chi connectivity index (χ0n) is 10.6. The van der Waals surface area contributed by atoms with Crippen molar-refractivity contribution in [2.45, 2.75) is 25.4 Å². The number of β-amino-alcohol motifs (C(OH)–C–C–N with tert-alkyl or cyclic N) is 1. The molecule has 0 radical (unpaired) electrons. The number of carbonyl (C=O) groups is 1. The molecule has 0 aliphatic carbocycles. The van der Waals surface area contributed by atoms with Crippen LogP contribution >= 0.6 is 0 Å². The van der Waals surface area contributed by atoms with Crippen molar-refractivity contribution in [3.05, 3.63) is 29.8 Å². The van der Waals surface area contributed by atoms with E-state index in [0.29, 0.717) is 32.4 Å². The van der Waals surface area contributed by atoms with Gasteiger partial charge in [-0.15, -0.1) is 0 Å². The number of methoxy groups -OCH3 is 1. The molecule has 0 saturated carbocycles. The Morgan fingerprint density at radius 2 is 2.39 bits per heavy atom. The van der Waals surface area contributed by atoms with Crippen LogP contribution in [0.25, 0.3) is 0 Å². The van der Waals surface area contributed by atoms with Crippen molar-refractivity contribution in [3.8, 4) is 5.75 Å². The maximum Gasteiger partial charge on any atom is 0.222 e. The summed E-state index contributed by atoms with van der Waals surface area (Å²) >= 11 is 0. The van der Waals surface area contributed by atoms with E-state index < -0.39 is 0 Å². The van der Waals surface area contributed by atoms with Gasteiger partial charge in [0.05, 0.1) is 13.2 Å². The molecule has 1 saturated heterocycles. The second kappa shape index (κ2) is 5.87. The second-order valence-corrected chi connectivity index (χ2v) is 4.63. The Kier molecular flexibility index (Phi) is 4.20. The third-order valence-electron chi connectivity index (χ3n) is 3.28. The zero-order chi connectivity index (χ0) is 13.0. The lowest BCUT2D eigenvalue weighted by Crippen LogP contribution is -2.29. The number of rotatable bonds is 4. The molecule has 0 aromatic heterocycles. The molecule has 1 aromatic carbocycles. The molecule has 2 rings (SSSR count). The number of aliphatic hydroxyl groups excluding tert-OH is 1. The number of nitrogens with zero attached hydrogens (tertiary/aromatic N) is 1. The maximum absolute atomic E-state index is 11.9. The predicted molar refractivity (Wildman–Crippen MR) is 68.5 cm³/mol. The van der Waals surface area contributed by atoms with Gasteiger partial charge in [0.1, 0.15) is 5.75 Å². The largest absolute Gasteiger partial charge is 0.497 e. The fraction of sp³-hybridized carbons (Fsp3) is 0.500. The van der Waals surface area contributed by atoms with Crippen LogP contribution in [0.5, 0.6) is 5.75 Å². The molecule has 0 spiro atoms. The molecule has 98 valence electrons. The van der Waals surface area contributed by atoms with Gasteiger partial charge in [0.25, 0.3) is 0 Å². The Balaban J connectivity index is 1.85. The SMILES string of the molecule is COc1cccc(CCC(=O)N2CCC(O)C2)c1. The Morgan fingerprint density at radius 3 is 3.06 bits per heavy atom. The molecule has 1 heterocycles. The summed E-state index contributed by atoms with van der Waals surface area (Å²) in [5, 5.41) is 9.39. The van der Waals surface area contributed by atoms with Crippen molar-refractivity contribution in [1.82, 2.24) is 4.90 Å². The fourth-order valence-corrected chi connectivity index (χ4v) is 2.21. The van der Waals surface area contributed by atoms with Gasteiger partial charge in [-0.25, -0.2) is 0 Å². The van der Waals surface area contributed by atoms with Crippen LogP contribution in [-0.4, -0.2) is 42.2 Å². The van der Waals surface area contributed by atoms with Gasteiger partial charge in [-0.1, -0.05) is 12.1 Å². The average molecular weight is 249 g/mol. The molecular formula is C14H19NO3. The molecule has 1 aliphatic rings. The first-order valence-electron chi connectivity index (χ1n) is 6.28. The highest BCUT2D eigenvalue weighted by molar-refractivity contribution is 5.76. The standard InChI is InChI=1S/C14H19NO3/c1-18-13-4-2-3-11(9-13)5-6-14(17)15-8-7-12(16)10-15/h2-4,9,12,16H,5-8,10H2,1H3. The first-order valence-corrected chi connectivity index (χ1v) is 6.28. The zero-order valence-corrected chi connectivity index (χ0v) is 10.6. The highest BCUT2D eigenvalue weighted by atomic mass is 16.5. The Bertz CT molecular complexity index is 419. The minimum Gasteiger partial charge on any atom is -0.497 e. The summed E-state index contributed by atoms with van der Waals surface area (Å²) in [6, 6.07) is 7.77. The molecule has 1 amide bonds. The number of hydrogen-bond acceptors (Lipinski definition) is 3. The minimum atomic E-state index is -0.342. The number of aliphatic hydroxyl groups is 1. The molecule has 1 unspecified atom stereocenters. The van der Waals surface area contributed by atoms with E-state index in [2.05, 4.69) is 0 Å². The molecular weight excluding hydrogens is 230 g/mol. The van der Waals surface area contributed by atoms with Crippen LogP contribution in [-0.2, 0) is 11.2 Å². The van der Waals surface area contributed by atoms with Gasteiger partial charge in [0.15, 0.2) is 0 Å². The van der Waals surface area contributed by atoms with E-state index in [4.69, 9.17) is 4.74 Å². The second-order valence-electron chi connectivity index (χ2n) is 4.63. The molecule has 1 aliphatic heterocycles. The van der Waals surface area contributed by atoms with Gasteiger partial charge in [-0.3, -0.25) is 4.79 Å². The van der Waals surface area contributed by atoms with Crippen LogP contribution in [0.1, 0.15) is 18.4 Å². The van der Waals surface area contributed by atoms with Crippen LogP contribution < -0.4 is 4.74 Å². The summed E-state index contributed by atoms with van der Waals surface area (Å²) in [5.74, 6) is 0.936. The van der Waals surface area contributed by atoms with E-state index >= 15 is 0 Å². The number of aryl methyl sites for hydroxylation is 1. The number of ether oxygens (including phenoxy) is 1. The molecule has 0 bridgehead atoms. The van der Waals surface area contributed by atoms with E-state index in [1.807, 2.05) is 24.3 Å². The number of benzene rings is 1. The smallest absolute Gasteiger partial charge is 0.222 e. The summed E-state index contributed by atoms with van der Waals surface area (Å²) in [4.78, 5) is 13.6. The first kappa shape index (κ1) is 12.9. The van der Waals surface area contributed by atoms with Crippen molar-refractivity contribution < 1.29 is 14.6 Å². The molecule has 1 fully saturated rings. The quantitative estimate of drug-likeness (QED) is 0.873. The summed E-state index contributed by atoms with van der Waals surface area (Å²) in [7, 11) is 1.63. The molecule has 18 heavy (non-hydrogen) atoms. The van der Waals surface area contributed by atoms with Crippen molar-refractivity contribution >= 4 is 5.91 Å². The predicted octanol–water partition coefficient (Wildman–Crippen LogP) is 1.22. The molecule has 1 aromatic rings. The van der Waals surface area contributed by atoms with Crippen molar-refractivity contribution in [2.24, 2.45) is 0 Å². The first-order chi connectivity index (χ1) is 8.69. The van der Waals surface area contributed by atoms with Gasteiger partial charge in [0.2, 0.25) is 5.91 Å². The van der Waals surface area contributed by atoms with Gasteiger partial charge in [0, 0.05) is 19.5 Å². The summed E-state index contributed by atoms with van der Waals surface area (Å²) in [5.41, 5.74) is 1.10. The lowest BCUT2D eigenvalue weighted by Gasteiger charge is -2.15. The lowest BCUT2D eigenvalue weighted by molar-refractivity contribution is -0.130. The Labute approximate surface area is 107 Å². The average Bonchev–Trinajstić information content (AvgIpc) is 2.83. The number of carbonyl (C=O) groups excluding carboxylic acids is 1. The molecule has 1 atom stereocenters. The van der Waals surface area contributed by atoms with E-state index in [0.717, 1.165) is 11.3 Å². The van der Waals surface area contributed by atoms with Gasteiger partial charge >= 0.3 is 0 Å². The van der Waals surface area contributed by atoms with E-state index in [1.165, 1.54) is 0 Å².